The molecule has 1 unspecified atom stereocenters. The lowest BCUT2D eigenvalue weighted by Gasteiger charge is -2.21. The van der Waals surface area contributed by atoms with Crippen LogP contribution in [0, 0.1) is 0 Å². The zero-order chi connectivity index (χ0) is 13.1. The van der Waals surface area contributed by atoms with Gasteiger partial charge in [-0.15, -0.1) is 5.10 Å². The number of carbonyl (C=O) groups is 1. The van der Waals surface area contributed by atoms with Gasteiger partial charge in [-0.2, -0.15) is 0 Å². The molecule has 1 aromatic carbocycles. The molecule has 98 valence electrons. The molecule has 1 fully saturated rings. The van der Waals surface area contributed by atoms with Crippen molar-refractivity contribution in [2.45, 2.75) is 12.5 Å². The van der Waals surface area contributed by atoms with Crippen LogP contribution in [0.3, 0.4) is 0 Å². The molecule has 0 spiro atoms. The number of aromatic nitrogens is 4. The number of benzene rings is 1. The van der Waals surface area contributed by atoms with Crippen LogP contribution in [0.5, 0.6) is 0 Å². The van der Waals surface area contributed by atoms with Gasteiger partial charge in [-0.1, -0.05) is 30.3 Å². The van der Waals surface area contributed by atoms with Crippen LogP contribution in [0.1, 0.15) is 18.0 Å². The SMILES string of the molecule is O=C(C(c1ccccc1)n1cnnn1)N1CCCO1. The minimum absolute atomic E-state index is 0.156. The number of hydrogen-bond donors (Lipinski definition) is 0. The Labute approximate surface area is 109 Å². The van der Waals surface area contributed by atoms with E-state index in [1.807, 2.05) is 30.3 Å². The van der Waals surface area contributed by atoms with Gasteiger partial charge in [0.25, 0.3) is 5.91 Å². The van der Waals surface area contributed by atoms with Gasteiger partial charge in [0.2, 0.25) is 0 Å². The summed E-state index contributed by atoms with van der Waals surface area (Å²) in [5.41, 5.74) is 0.829. The Balaban J connectivity index is 1.95. The molecule has 1 aliphatic rings. The summed E-state index contributed by atoms with van der Waals surface area (Å²) in [5.74, 6) is -0.156. The standard InChI is InChI=1S/C12H13N5O2/c18-12(17-7-4-8-19-17)11(16-9-13-14-15-16)10-5-2-1-3-6-10/h1-3,5-6,9,11H,4,7-8H2. The van der Waals surface area contributed by atoms with Crippen molar-refractivity contribution in [1.82, 2.24) is 25.3 Å². The molecule has 1 atom stereocenters. The molecule has 19 heavy (non-hydrogen) atoms. The molecule has 0 saturated carbocycles. The summed E-state index contributed by atoms with van der Waals surface area (Å²) in [7, 11) is 0. The molecular formula is C12H13N5O2. The van der Waals surface area contributed by atoms with E-state index in [2.05, 4.69) is 15.5 Å². The van der Waals surface area contributed by atoms with E-state index in [-0.39, 0.29) is 5.91 Å². The van der Waals surface area contributed by atoms with Crippen LogP contribution in [-0.2, 0) is 9.63 Å². The van der Waals surface area contributed by atoms with Crippen molar-refractivity contribution in [3.05, 3.63) is 42.2 Å². The van der Waals surface area contributed by atoms with Gasteiger partial charge < -0.3 is 0 Å². The summed E-state index contributed by atoms with van der Waals surface area (Å²) in [6.07, 6.45) is 2.29. The highest BCUT2D eigenvalue weighted by molar-refractivity contribution is 5.82. The topological polar surface area (TPSA) is 73.1 Å². The summed E-state index contributed by atoms with van der Waals surface area (Å²) in [5, 5.41) is 12.4. The second kappa shape index (κ2) is 5.15. The molecule has 7 heteroatoms. The Hall–Kier alpha value is -2.28. The quantitative estimate of drug-likeness (QED) is 0.799. The second-order valence-corrected chi connectivity index (χ2v) is 4.23. The largest absolute Gasteiger partial charge is 0.275 e. The number of amides is 1. The van der Waals surface area contributed by atoms with Gasteiger partial charge in [0.15, 0.2) is 6.04 Å². The maximum absolute atomic E-state index is 12.5. The highest BCUT2D eigenvalue weighted by Crippen LogP contribution is 2.21. The zero-order valence-electron chi connectivity index (χ0n) is 10.2. The van der Waals surface area contributed by atoms with Gasteiger partial charge in [-0.25, -0.2) is 9.75 Å². The molecule has 0 N–H and O–H groups in total. The number of tetrazole rings is 1. The maximum atomic E-state index is 12.5. The molecule has 1 aromatic heterocycles. The predicted octanol–water partition coefficient (Wildman–Crippen LogP) is 0.426. The molecule has 7 nitrogen and oxygen atoms in total. The normalized spacial score (nSPS) is 16.5. The van der Waals surface area contributed by atoms with Crippen LogP contribution in [0.25, 0.3) is 0 Å². The first kappa shape index (κ1) is 11.8. The van der Waals surface area contributed by atoms with Crippen molar-refractivity contribution in [3.8, 4) is 0 Å². The van der Waals surface area contributed by atoms with Crippen molar-refractivity contribution in [1.29, 1.82) is 0 Å². The van der Waals surface area contributed by atoms with Crippen molar-refractivity contribution >= 4 is 5.91 Å². The van der Waals surface area contributed by atoms with Crippen LogP contribution < -0.4 is 0 Å². The third kappa shape index (κ3) is 2.32. The molecule has 3 rings (SSSR count). The fourth-order valence-electron chi connectivity index (χ4n) is 2.09. The molecule has 1 amide bonds. The lowest BCUT2D eigenvalue weighted by atomic mass is 10.1. The van der Waals surface area contributed by atoms with Crippen LogP contribution in [0.2, 0.25) is 0 Å². The molecule has 2 aromatic rings. The second-order valence-electron chi connectivity index (χ2n) is 4.23. The van der Waals surface area contributed by atoms with E-state index < -0.39 is 6.04 Å². The molecule has 0 aliphatic carbocycles. The lowest BCUT2D eigenvalue weighted by molar-refractivity contribution is -0.171. The minimum Gasteiger partial charge on any atom is -0.271 e. The van der Waals surface area contributed by atoms with Crippen LogP contribution in [-0.4, -0.2) is 44.3 Å². The lowest BCUT2D eigenvalue weighted by Crippen LogP contribution is -2.35. The van der Waals surface area contributed by atoms with E-state index >= 15 is 0 Å². The minimum atomic E-state index is -0.589. The van der Waals surface area contributed by atoms with Gasteiger partial charge in [0, 0.05) is 0 Å². The molecule has 1 saturated heterocycles. The number of hydroxylamine groups is 2. The Morgan fingerprint density at radius 3 is 2.79 bits per heavy atom. The summed E-state index contributed by atoms with van der Waals surface area (Å²) in [6, 6.07) is 8.82. The Morgan fingerprint density at radius 1 is 1.32 bits per heavy atom. The predicted molar refractivity (Wildman–Crippen MR) is 64.7 cm³/mol. The monoisotopic (exact) mass is 259 g/mol. The first-order valence-electron chi connectivity index (χ1n) is 6.08. The third-order valence-corrected chi connectivity index (χ3v) is 2.98. The smallest absolute Gasteiger partial charge is 0.271 e. The molecule has 1 aliphatic heterocycles. The zero-order valence-corrected chi connectivity index (χ0v) is 10.2. The van der Waals surface area contributed by atoms with E-state index in [1.54, 1.807) is 0 Å². The van der Waals surface area contributed by atoms with Crippen LogP contribution in [0.4, 0.5) is 0 Å². The van der Waals surface area contributed by atoms with Gasteiger partial charge in [0.1, 0.15) is 6.33 Å². The highest BCUT2D eigenvalue weighted by Gasteiger charge is 2.31. The van der Waals surface area contributed by atoms with E-state index in [4.69, 9.17) is 4.84 Å². The van der Waals surface area contributed by atoms with Crippen molar-refractivity contribution < 1.29 is 9.63 Å². The number of carbonyl (C=O) groups excluding carboxylic acids is 1. The Bertz CT molecular complexity index is 537. The summed E-state index contributed by atoms with van der Waals surface area (Å²) < 4.78 is 1.44. The van der Waals surface area contributed by atoms with Crippen molar-refractivity contribution in [3.63, 3.8) is 0 Å². The molecule has 2 heterocycles. The van der Waals surface area contributed by atoms with E-state index in [0.717, 1.165) is 12.0 Å². The van der Waals surface area contributed by atoms with Crippen LogP contribution >= 0.6 is 0 Å². The third-order valence-electron chi connectivity index (χ3n) is 2.98. The molecule has 0 bridgehead atoms. The average Bonchev–Trinajstić information content (AvgIpc) is 3.13. The number of nitrogens with zero attached hydrogens (tertiary/aromatic N) is 5. The fourth-order valence-corrected chi connectivity index (χ4v) is 2.09. The first-order valence-corrected chi connectivity index (χ1v) is 6.08. The van der Waals surface area contributed by atoms with Crippen molar-refractivity contribution in [2.75, 3.05) is 13.2 Å². The van der Waals surface area contributed by atoms with E-state index in [1.165, 1.54) is 16.1 Å². The maximum Gasteiger partial charge on any atom is 0.275 e. The van der Waals surface area contributed by atoms with E-state index in [9.17, 15) is 4.79 Å². The van der Waals surface area contributed by atoms with E-state index in [0.29, 0.717) is 13.2 Å². The summed E-state index contributed by atoms with van der Waals surface area (Å²) in [4.78, 5) is 17.8. The summed E-state index contributed by atoms with van der Waals surface area (Å²) in [6.45, 7) is 1.17. The van der Waals surface area contributed by atoms with Gasteiger partial charge in [0.05, 0.1) is 13.2 Å². The Kier molecular flexibility index (Phi) is 3.20. The first-order chi connectivity index (χ1) is 9.36. The van der Waals surface area contributed by atoms with Gasteiger partial charge in [-0.05, 0) is 22.4 Å². The summed E-state index contributed by atoms with van der Waals surface area (Å²) >= 11 is 0. The van der Waals surface area contributed by atoms with Gasteiger partial charge in [-0.3, -0.25) is 9.63 Å². The van der Waals surface area contributed by atoms with Crippen molar-refractivity contribution in [2.24, 2.45) is 0 Å². The Morgan fingerprint density at radius 2 is 2.16 bits per heavy atom. The van der Waals surface area contributed by atoms with Gasteiger partial charge >= 0.3 is 0 Å². The number of hydrogen-bond acceptors (Lipinski definition) is 5. The molecule has 0 radical (unpaired) electrons. The molecular weight excluding hydrogens is 246 g/mol. The van der Waals surface area contributed by atoms with Crippen LogP contribution in [0.15, 0.2) is 36.7 Å². The average molecular weight is 259 g/mol. The highest BCUT2D eigenvalue weighted by atomic mass is 16.7. The fraction of sp³-hybridized carbons (Fsp3) is 0.333. The number of rotatable bonds is 3.